The highest BCUT2D eigenvalue weighted by Gasteiger charge is 2.22. The van der Waals surface area contributed by atoms with E-state index in [2.05, 4.69) is 42.3 Å². The molecule has 1 N–H and O–H groups in total. The van der Waals surface area contributed by atoms with Crippen LogP contribution in [0.3, 0.4) is 0 Å². The summed E-state index contributed by atoms with van der Waals surface area (Å²) in [6, 6.07) is 14.7. The molecule has 0 radical (unpaired) electrons. The number of amides is 1. The van der Waals surface area contributed by atoms with E-state index in [1.165, 1.54) is 18.1 Å². The van der Waals surface area contributed by atoms with Gasteiger partial charge in [0.05, 0.1) is 6.42 Å². The monoisotopic (exact) mass is 368 g/mol. The van der Waals surface area contributed by atoms with Crippen LogP contribution in [0.25, 0.3) is 0 Å². The average Bonchev–Trinajstić information content (AvgIpc) is 2.62. The summed E-state index contributed by atoms with van der Waals surface area (Å²) in [5.41, 5.74) is 2.81. The first kappa shape index (κ1) is 19.6. The molecular weight excluding hydrogens is 339 g/mol. The van der Waals surface area contributed by atoms with Crippen LogP contribution >= 0.6 is 0 Å². The zero-order valence-electron chi connectivity index (χ0n) is 16.2. The van der Waals surface area contributed by atoms with Crippen molar-refractivity contribution in [1.82, 2.24) is 10.2 Å². The lowest BCUT2D eigenvalue weighted by Gasteiger charge is -2.35. The number of carbonyl (C=O) groups excluding carboxylic acids is 1. The standard InChI is InChI=1S/C23H29FN2O/c1-17-11-18(2)15-26(14-17)16-21-9-4-3-8-20(21)13-25-23(27)12-19-7-5-6-10-22(19)24/h3-10,17-18H,11-16H2,1-2H3,(H,25,27). The van der Waals surface area contributed by atoms with Gasteiger partial charge in [-0.25, -0.2) is 4.39 Å². The van der Waals surface area contributed by atoms with Gasteiger partial charge in [0.25, 0.3) is 0 Å². The van der Waals surface area contributed by atoms with Crippen LogP contribution in [-0.2, 0) is 24.3 Å². The Morgan fingerprint density at radius 2 is 1.59 bits per heavy atom. The molecule has 1 fully saturated rings. The molecule has 0 spiro atoms. The third-order valence-corrected chi connectivity index (χ3v) is 5.24. The Morgan fingerprint density at radius 3 is 2.26 bits per heavy atom. The van der Waals surface area contributed by atoms with Crippen molar-refractivity contribution in [3.05, 3.63) is 71.0 Å². The summed E-state index contributed by atoms with van der Waals surface area (Å²) in [6.07, 6.45) is 1.36. The molecule has 0 aliphatic carbocycles. The van der Waals surface area contributed by atoms with E-state index in [1.807, 2.05) is 6.07 Å². The van der Waals surface area contributed by atoms with Crippen LogP contribution in [0.5, 0.6) is 0 Å². The van der Waals surface area contributed by atoms with E-state index in [-0.39, 0.29) is 18.1 Å². The van der Waals surface area contributed by atoms with Gasteiger partial charge in [0.1, 0.15) is 5.82 Å². The number of rotatable bonds is 6. The smallest absolute Gasteiger partial charge is 0.224 e. The van der Waals surface area contributed by atoms with Gasteiger partial charge in [0.2, 0.25) is 5.91 Å². The van der Waals surface area contributed by atoms with E-state index in [9.17, 15) is 9.18 Å². The molecule has 1 aliphatic heterocycles. The van der Waals surface area contributed by atoms with Crippen molar-refractivity contribution in [3.63, 3.8) is 0 Å². The van der Waals surface area contributed by atoms with Crippen molar-refractivity contribution < 1.29 is 9.18 Å². The molecule has 3 nitrogen and oxygen atoms in total. The van der Waals surface area contributed by atoms with Gasteiger partial charge in [-0.3, -0.25) is 9.69 Å². The Kier molecular flexibility index (Phi) is 6.62. The largest absolute Gasteiger partial charge is 0.352 e. The highest BCUT2D eigenvalue weighted by atomic mass is 19.1. The van der Waals surface area contributed by atoms with Gasteiger partial charge < -0.3 is 5.32 Å². The van der Waals surface area contributed by atoms with E-state index in [0.29, 0.717) is 12.1 Å². The van der Waals surface area contributed by atoms with Crippen molar-refractivity contribution in [1.29, 1.82) is 0 Å². The Balaban J connectivity index is 1.59. The van der Waals surface area contributed by atoms with E-state index in [4.69, 9.17) is 0 Å². The van der Waals surface area contributed by atoms with Crippen LogP contribution in [0.2, 0.25) is 0 Å². The maximum absolute atomic E-state index is 13.7. The molecule has 4 heteroatoms. The number of nitrogens with zero attached hydrogens (tertiary/aromatic N) is 1. The fourth-order valence-corrected chi connectivity index (χ4v) is 4.12. The maximum atomic E-state index is 13.7. The van der Waals surface area contributed by atoms with Gasteiger partial charge in [-0.05, 0) is 41.0 Å². The minimum absolute atomic E-state index is 0.0655. The summed E-state index contributed by atoms with van der Waals surface area (Å²) in [4.78, 5) is 14.7. The van der Waals surface area contributed by atoms with Crippen LogP contribution in [0.15, 0.2) is 48.5 Å². The first-order valence-corrected chi connectivity index (χ1v) is 9.80. The Hall–Kier alpha value is -2.20. The number of hydrogen-bond donors (Lipinski definition) is 1. The number of likely N-dealkylation sites (tertiary alicyclic amines) is 1. The van der Waals surface area contributed by atoms with E-state index in [1.54, 1.807) is 18.2 Å². The predicted octanol–water partition coefficient (Wildman–Crippen LogP) is 4.16. The summed E-state index contributed by atoms with van der Waals surface area (Å²) in [7, 11) is 0. The first-order chi connectivity index (χ1) is 13.0. The molecule has 3 rings (SSSR count). The minimum Gasteiger partial charge on any atom is -0.352 e. The number of halogens is 1. The first-order valence-electron chi connectivity index (χ1n) is 9.80. The molecule has 2 aromatic carbocycles. The molecule has 1 saturated heterocycles. The summed E-state index contributed by atoms with van der Waals surface area (Å²) in [5.74, 6) is 0.958. The number of nitrogens with one attached hydrogen (secondary N) is 1. The van der Waals surface area contributed by atoms with Crippen LogP contribution in [-0.4, -0.2) is 23.9 Å². The van der Waals surface area contributed by atoms with Crippen LogP contribution < -0.4 is 5.32 Å². The van der Waals surface area contributed by atoms with Crippen LogP contribution in [0, 0.1) is 17.7 Å². The normalized spacial score (nSPS) is 20.4. The Morgan fingerprint density at radius 1 is 1.00 bits per heavy atom. The fraction of sp³-hybridized carbons (Fsp3) is 0.435. The van der Waals surface area contributed by atoms with Crippen molar-refractivity contribution in [2.24, 2.45) is 11.8 Å². The molecule has 0 aromatic heterocycles. The topological polar surface area (TPSA) is 32.3 Å². The molecule has 2 unspecified atom stereocenters. The fourth-order valence-electron chi connectivity index (χ4n) is 4.12. The summed E-state index contributed by atoms with van der Waals surface area (Å²) < 4.78 is 13.7. The van der Waals surface area contributed by atoms with Gasteiger partial charge >= 0.3 is 0 Å². The van der Waals surface area contributed by atoms with E-state index in [0.717, 1.165) is 37.0 Å². The van der Waals surface area contributed by atoms with Crippen molar-refractivity contribution in [3.8, 4) is 0 Å². The van der Waals surface area contributed by atoms with Crippen molar-refractivity contribution in [2.45, 2.75) is 39.8 Å². The number of piperidine rings is 1. The third-order valence-electron chi connectivity index (χ3n) is 5.24. The van der Waals surface area contributed by atoms with Crippen LogP contribution in [0.4, 0.5) is 4.39 Å². The number of carbonyl (C=O) groups is 1. The quantitative estimate of drug-likeness (QED) is 0.830. The molecule has 2 atom stereocenters. The van der Waals surface area contributed by atoms with Crippen LogP contribution in [0.1, 0.15) is 37.0 Å². The van der Waals surface area contributed by atoms with E-state index < -0.39 is 0 Å². The molecule has 2 aromatic rings. The van der Waals surface area contributed by atoms with Gasteiger partial charge in [0.15, 0.2) is 0 Å². The molecule has 0 bridgehead atoms. The Labute approximate surface area is 161 Å². The highest BCUT2D eigenvalue weighted by Crippen LogP contribution is 2.23. The summed E-state index contributed by atoms with van der Waals surface area (Å²) >= 11 is 0. The number of benzene rings is 2. The van der Waals surface area contributed by atoms with E-state index >= 15 is 0 Å². The molecule has 1 aliphatic rings. The van der Waals surface area contributed by atoms with Crippen molar-refractivity contribution >= 4 is 5.91 Å². The van der Waals surface area contributed by atoms with Gasteiger partial charge in [-0.2, -0.15) is 0 Å². The SMILES string of the molecule is CC1CC(C)CN(Cc2ccccc2CNC(=O)Cc2ccccc2F)C1. The molecular formula is C23H29FN2O. The predicted molar refractivity (Wildman–Crippen MR) is 107 cm³/mol. The minimum atomic E-state index is -0.332. The highest BCUT2D eigenvalue weighted by molar-refractivity contribution is 5.78. The lowest BCUT2D eigenvalue weighted by molar-refractivity contribution is -0.120. The molecule has 1 amide bonds. The van der Waals surface area contributed by atoms with Gasteiger partial charge in [-0.15, -0.1) is 0 Å². The molecule has 144 valence electrons. The third kappa shape index (κ3) is 5.64. The zero-order valence-corrected chi connectivity index (χ0v) is 16.2. The molecule has 0 saturated carbocycles. The van der Waals surface area contributed by atoms with Gasteiger partial charge in [-0.1, -0.05) is 56.3 Å². The molecule has 27 heavy (non-hydrogen) atoms. The lowest BCUT2D eigenvalue weighted by atomic mass is 9.91. The zero-order chi connectivity index (χ0) is 19.2. The lowest BCUT2D eigenvalue weighted by Crippen LogP contribution is -2.38. The Bertz CT molecular complexity index is 766. The van der Waals surface area contributed by atoms with Gasteiger partial charge in [0, 0.05) is 26.2 Å². The second-order valence-electron chi connectivity index (χ2n) is 7.95. The second-order valence-corrected chi connectivity index (χ2v) is 7.95. The van der Waals surface area contributed by atoms with Crippen molar-refractivity contribution in [2.75, 3.05) is 13.1 Å². The summed E-state index contributed by atoms with van der Waals surface area (Å²) in [5, 5.41) is 2.95. The summed E-state index contributed by atoms with van der Waals surface area (Å²) in [6.45, 7) is 8.27. The maximum Gasteiger partial charge on any atom is 0.224 e. The molecule has 1 heterocycles. The second kappa shape index (κ2) is 9.14. The number of hydrogen-bond acceptors (Lipinski definition) is 2. The average molecular weight is 368 g/mol.